The number of aliphatic carboxylic acids is 1. The highest BCUT2D eigenvalue weighted by Gasteiger charge is 2.39. The highest BCUT2D eigenvalue weighted by molar-refractivity contribution is 8.22. The summed E-state index contributed by atoms with van der Waals surface area (Å²) in [6.45, 7) is 5.56. The number of hydrogen-bond acceptors (Lipinski definition) is 8. The van der Waals surface area contributed by atoms with Crippen molar-refractivity contribution in [2.75, 3.05) is 18.0 Å². The minimum absolute atomic E-state index is 0.0892. The van der Waals surface area contributed by atoms with E-state index in [1.807, 2.05) is 55.8 Å². The molecule has 0 saturated carbocycles. The molecule has 3 aromatic heterocycles. The van der Waals surface area contributed by atoms with Crippen molar-refractivity contribution >= 4 is 33.6 Å². The van der Waals surface area contributed by atoms with Gasteiger partial charge in [-0.05, 0) is 74.1 Å². The zero-order valence-corrected chi connectivity index (χ0v) is 24.4. The molecule has 11 heteroatoms. The molecule has 2 atom stereocenters. The fourth-order valence-electron chi connectivity index (χ4n) is 6.33. The number of anilines is 1. The highest BCUT2D eigenvalue weighted by Crippen LogP contribution is 2.57. The summed E-state index contributed by atoms with van der Waals surface area (Å²) in [5.74, 6) is -0.650. The van der Waals surface area contributed by atoms with Gasteiger partial charge in [0.05, 0.1) is 12.1 Å². The molecule has 1 aromatic carbocycles. The van der Waals surface area contributed by atoms with Crippen LogP contribution in [0.5, 0.6) is 0 Å². The molecule has 2 aliphatic heterocycles. The van der Waals surface area contributed by atoms with Crippen LogP contribution < -0.4 is 4.90 Å². The predicted octanol–water partition coefficient (Wildman–Crippen LogP) is 5.49. The number of carboxylic acid groups (broad SMARTS) is 1. The van der Waals surface area contributed by atoms with Gasteiger partial charge in [0.15, 0.2) is 11.5 Å². The van der Waals surface area contributed by atoms with Gasteiger partial charge in [0.2, 0.25) is 0 Å². The summed E-state index contributed by atoms with van der Waals surface area (Å²) in [7, 11) is -1.42. The van der Waals surface area contributed by atoms with Crippen molar-refractivity contribution in [2.45, 2.75) is 62.9 Å². The molecule has 4 aromatic rings. The third kappa shape index (κ3) is 5.07. The molecule has 41 heavy (non-hydrogen) atoms. The number of aromatic nitrogens is 4. The molecule has 216 valence electrons. The van der Waals surface area contributed by atoms with Gasteiger partial charge < -0.3 is 14.6 Å². The molecule has 0 amide bonds. The number of benzene rings is 1. The lowest BCUT2D eigenvalue weighted by molar-refractivity contribution is -0.137. The van der Waals surface area contributed by atoms with E-state index in [4.69, 9.17) is 0 Å². The Morgan fingerprint density at radius 3 is 2.76 bits per heavy atom. The molecule has 3 N–H and O–H groups in total. The van der Waals surface area contributed by atoms with Crippen LogP contribution >= 0.6 is 10.8 Å². The van der Waals surface area contributed by atoms with E-state index in [1.54, 1.807) is 22.6 Å². The van der Waals surface area contributed by atoms with Gasteiger partial charge in [0.1, 0.15) is 4.90 Å². The number of aryl methyl sites for hydroxylation is 3. The van der Waals surface area contributed by atoms with Crippen molar-refractivity contribution < 1.29 is 19.0 Å². The standard InChI is InChI=1S/C30H36N6O4S/c1-19-9-10-21(25(16-28(37)38)26-15-22-13-20(2)32-33-29(22)34(26)3)14-23(19)17-35-18-24-7-4-5-12-36(24)30-27(41(35,39)40)8-6-11-31-30/h6,8-11,13-15,24-25,39-40H,4-5,7,12,16-18H2,1-3H3,(H,37,38)/t24-,25?/m0/s1. The average molecular weight is 577 g/mol. The molecule has 1 fully saturated rings. The monoisotopic (exact) mass is 576 g/mol. The molecule has 2 aliphatic rings. The van der Waals surface area contributed by atoms with Gasteiger partial charge in [0.25, 0.3) is 0 Å². The minimum Gasteiger partial charge on any atom is -0.481 e. The molecular weight excluding hydrogens is 540 g/mol. The number of rotatable bonds is 6. The molecule has 1 saturated heterocycles. The van der Waals surface area contributed by atoms with Gasteiger partial charge in [-0.3, -0.25) is 13.9 Å². The number of nitrogens with zero attached hydrogens (tertiary/aromatic N) is 6. The van der Waals surface area contributed by atoms with E-state index >= 15 is 0 Å². The van der Waals surface area contributed by atoms with Gasteiger partial charge in [-0.1, -0.05) is 18.2 Å². The fourth-order valence-corrected chi connectivity index (χ4v) is 7.99. The van der Waals surface area contributed by atoms with E-state index in [9.17, 15) is 19.0 Å². The Balaban J connectivity index is 1.39. The van der Waals surface area contributed by atoms with E-state index < -0.39 is 22.7 Å². The van der Waals surface area contributed by atoms with Crippen LogP contribution in [0.1, 0.15) is 59.7 Å². The first-order valence-electron chi connectivity index (χ1n) is 14.0. The average Bonchev–Trinajstić information content (AvgIpc) is 3.23. The lowest BCUT2D eigenvalue weighted by Crippen LogP contribution is -2.45. The van der Waals surface area contributed by atoms with E-state index in [0.717, 1.165) is 59.3 Å². The van der Waals surface area contributed by atoms with Crippen LogP contribution in [0, 0.1) is 13.8 Å². The topological polar surface area (TPSA) is 128 Å². The molecular formula is C30H36N6O4S. The maximum absolute atomic E-state index is 12.1. The molecule has 5 heterocycles. The van der Waals surface area contributed by atoms with Crippen molar-refractivity contribution in [1.29, 1.82) is 0 Å². The second-order valence-corrected chi connectivity index (χ2v) is 13.2. The summed E-state index contributed by atoms with van der Waals surface area (Å²) in [5.41, 5.74) is 5.14. The molecule has 0 bridgehead atoms. The van der Waals surface area contributed by atoms with Crippen molar-refractivity contribution in [3.05, 3.63) is 76.7 Å². The normalized spacial score (nSPS) is 20.2. The maximum Gasteiger partial charge on any atom is 0.304 e. The third-order valence-corrected chi connectivity index (χ3v) is 10.4. The van der Waals surface area contributed by atoms with Crippen LogP contribution in [-0.4, -0.2) is 63.4 Å². The van der Waals surface area contributed by atoms with Crippen molar-refractivity contribution in [3.8, 4) is 0 Å². The van der Waals surface area contributed by atoms with Gasteiger partial charge >= 0.3 is 5.97 Å². The van der Waals surface area contributed by atoms with Crippen LogP contribution in [0.15, 0.2) is 53.6 Å². The molecule has 0 spiro atoms. The zero-order valence-electron chi connectivity index (χ0n) is 23.6. The predicted molar refractivity (Wildman–Crippen MR) is 159 cm³/mol. The van der Waals surface area contributed by atoms with E-state index in [2.05, 4.69) is 20.1 Å². The summed E-state index contributed by atoms with van der Waals surface area (Å²) in [4.78, 5) is 19.3. The quantitative estimate of drug-likeness (QED) is 0.273. The first-order valence-corrected chi connectivity index (χ1v) is 15.5. The largest absolute Gasteiger partial charge is 0.481 e. The van der Waals surface area contributed by atoms with E-state index in [-0.39, 0.29) is 12.5 Å². The summed E-state index contributed by atoms with van der Waals surface area (Å²) in [5, 5.41) is 19.3. The lowest BCUT2D eigenvalue weighted by atomic mass is 9.89. The Morgan fingerprint density at radius 2 is 1.95 bits per heavy atom. The molecule has 6 rings (SSSR count). The maximum atomic E-state index is 12.1. The summed E-state index contributed by atoms with van der Waals surface area (Å²) < 4.78 is 27.1. The fraction of sp³-hybridized carbons (Fsp3) is 0.400. The first kappa shape index (κ1) is 27.6. The molecule has 0 radical (unpaired) electrons. The molecule has 10 nitrogen and oxygen atoms in total. The van der Waals surface area contributed by atoms with Gasteiger partial charge in [-0.2, -0.15) is 9.40 Å². The second-order valence-electron chi connectivity index (χ2n) is 11.2. The van der Waals surface area contributed by atoms with Crippen LogP contribution in [0.3, 0.4) is 0 Å². The van der Waals surface area contributed by atoms with Crippen molar-refractivity contribution in [1.82, 2.24) is 24.1 Å². The molecule has 0 aliphatic carbocycles. The summed E-state index contributed by atoms with van der Waals surface area (Å²) in [6.07, 6.45) is 4.73. The summed E-state index contributed by atoms with van der Waals surface area (Å²) in [6, 6.07) is 13.6. The second kappa shape index (κ2) is 10.7. The van der Waals surface area contributed by atoms with Crippen molar-refractivity contribution in [3.63, 3.8) is 0 Å². The van der Waals surface area contributed by atoms with Gasteiger partial charge in [-0.25, -0.2) is 4.98 Å². The lowest BCUT2D eigenvalue weighted by Gasteiger charge is -2.42. The zero-order chi connectivity index (χ0) is 28.9. The van der Waals surface area contributed by atoms with Crippen LogP contribution in [-0.2, 0) is 18.4 Å². The van der Waals surface area contributed by atoms with E-state index in [1.165, 1.54) is 0 Å². The number of carbonyl (C=O) groups is 1. The minimum atomic E-state index is -3.31. The smallest absolute Gasteiger partial charge is 0.304 e. The number of pyridine rings is 1. The first-order chi connectivity index (χ1) is 19.6. The van der Waals surface area contributed by atoms with Crippen LogP contribution in [0.2, 0.25) is 0 Å². The SMILES string of the molecule is Cc1cc2cc(C(CC(=O)O)c3ccc(C)c(CN4C[C@@H]5CCCCN5c5ncccc5S4(O)O)c3)n(C)c2nn1. The Bertz CT molecular complexity index is 1620. The highest BCUT2D eigenvalue weighted by atomic mass is 32.3. The number of fused-ring (bicyclic) bond motifs is 4. The Morgan fingerprint density at radius 1 is 1.12 bits per heavy atom. The Kier molecular flexibility index (Phi) is 7.23. The van der Waals surface area contributed by atoms with Crippen LogP contribution in [0.4, 0.5) is 5.82 Å². The van der Waals surface area contributed by atoms with Crippen LogP contribution in [0.25, 0.3) is 11.0 Å². The number of carboxylic acids is 1. The van der Waals surface area contributed by atoms with E-state index in [0.29, 0.717) is 29.5 Å². The Labute approximate surface area is 241 Å². The Hall–Kier alpha value is -3.51. The van der Waals surface area contributed by atoms with Crippen molar-refractivity contribution in [2.24, 2.45) is 7.05 Å². The number of hydrogen-bond donors (Lipinski definition) is 3. The number of piperidine rings is 1. The molecule has 1 unspecified atom stereocenters. The van der Waals surface area contributed by atoms with Gasteiger partial charge in [-0.15, -0.1) is 15.9 Å². The summed E-state index contributed by atoms with van der Waals surface area (Å²) >= 11 is 0. The van der Waals surface area contributed by atoms with Gasteiger partial charge in [0, 0.05) is 55.9 Å². The third-order valence-electron chi connectivity index (χ3n) is 8.51.